The number of hydrogen-bond acceptors (Lipinski definition) is 4. The number of likely N-dealkylation sites (tertiary alicyclic amines) is 1. The number of anilines is 1. The predicted octanol–water partition coefficient (Wildman–Crippen LogP) is 3.96. The van der Waals surface area contributed by atoms with E-state index in [9.17, 15) is 0 Å². The SMILES string of the molecule is CN(C)c1ncnc2ccc(-c3cccc(CN4CCCC4)c3)cc12. The van der Waals surface area contributed by atoms with E-state index < -0.39 is 0 Å². The summed E-state index contributed by atoms with van der Waals surface area (Å²) in [7, 11) is 4.04. The summed E-state index contributed by atoms with van der Waals surface area (Å²) in [6.07, 6.45) is 4.30. The Balaban J connectivity index is 1.70. The molecule has 1 aromatic heterocycles. The molecule has 4 rings (SSSR count). The Labute approximate surface area is 149 Å². The van der Waals surface area contributed by atoms with Crippen molar-refractivity contribution in [2.75, 3.05) is 32.1 Å². The van der Waals surface area contributed by atoms with E-state index >= 15 is 0 Å². The van der Waals surface area contributed by atoms with Crippen molar-refractivity contribution in [3.8, 4) is 11.1 Å². The molecule has 0 bridgehead atoms. The molecule has 1 fully saturated rings. The lowest BCUT2D eigenvalue weighted by Gasteiger charge is -2.16. The van der Waals surface area contributed by atoms with Crippen LogP contribution in [0.2, 0.25) is 0 Å². The highest BCUT2D eigenvalue weighted by atomic mass is 15.1. The van der Waals surface area contributed by atoms with Gasteiger partial charge in [-0.25, -0.2) is 9.97 Å². The minimum atomic E-state index is 0.958. The molecule has 1 aliphatic rings. The van der Waals surface area contributed by atoms with Crippen LogP contribution in [0.25, 0.3) is 22.0 Å². The van der Waals surface area contributed by atoms with E-state index in [1.165, 1.54) is 42.6 Å². The van der Waals surface area contributed by atoms with Crippen LogP contribution < -0.4 is 4.90 Å². The van der Waals surface area contributed by atoms with E-state index in [1.807, 2.05) is 19.0 Å². The van der Waals surface area contributed by atoms with Gasteiger partial charge >= 0.3 is 0 Å². The average molecular weight is 332 g/mol. The minimum Gasteiger partial charge on any atom is -0.362 e. The molecule has 0 saturated carbocycles. The smallest absolute Gasteiger partial charge is 0.139 e. The quantitative estimate of drug-likeness (QED) is 0.724. The molecule has 4 heteroatoms. The Morgan fingerprint density at radius 3 is 2.56 bits per heavy atom. The van der Waals surface area contributed by atoms with Crippen LogP contribution >= 0.6 is 0 Å². The molecule has 1 aliphatic heterocycles. The third-order valence-corrected chi connectivity index (χ3v) is 4.90. The summed E-state index contributed by atoms with van der Waals surface area (Å²) in [6.45, 7) is 3.50. The van der Waals surface area contributed by atoms with Gasteiger partial charge in [0, 0.05) is 26.0 Å². The van der Waals surface area contributed by atoms with Gasteiger partial charge in [-0.3, -0.25) is 4.90 Å². The minimum absolute atomic E-state index is 0.958. The van der Waals surface area contributed by atoms with Gasteiger partial charge in [0.25, 0.3) is 0 Å². The molecular formula is C21H24N4. The summed E-state index contributed by atoms with van der Waals surface area (Å²) in [4.78, 5) is 13.4. The number of fused-ring (bicyclic) bond motifs is 1. The van der Waals surface area contributed by atoms with Gasteiger partial charge in [0.2, 0.25) is 0 Å². The van der Waals surface area contributed by atoms with Gasteiger partial charge in [-0.05, 0) is 60.8 Å². The fourth-order valence-corrected chi connectivity index (χ4v) is 3.63. The van der Waals surface area contributed by atoms with Crippen LogP contribution in [0.3, 0.4) is 0 Å². The molecule has 0 unspecified atom stereocenters. The molecule has 0 spiro atoms. The van der Waals surface area contributed by atoms with E-state index in [0.717, 1.165) is 23.3 Å². The van der Waals surface area contributed by atoms with Gasteiger partial charge in [0.05, 0.1) is 5.52 Å². The molecule has 0 radical (unpaired) electrons. The number of rotatable bonds is 4. The number of nitrogens with zero attached hydrogens (tertiary/aromatic N) is 4. The maximum Gasteiger partial charge on any atom is 0.139 e. The lowest BCUT2D eigenvalue weighted by molar-refractivity contribution is 0.331. The first-order valence-corrected chi connectivity index (χ1v) is 8.94. The standard InChI is InChI=1S/C21H24N4/c1-24(2)21-19-13-18(8-9-20(19)22-15-23-21)17-7-5-6-16(12-17)14-25-10-3-4-11-25/h5-9,12-13,15H,3-4,10-11,14H2,1-2H3. The molecule has 4 nitrogen and oxygen atoms in total. The molecule has 0 N–H and O–H groups in total. The normalized spacial score (nSPS) is 15.0. The molecule has 128 valence electrons. The Bertz CT molecular complexity index is 882. The fraction of sp³-hybridized carbons (Fsp3) is 0.333. The Kier molecular flexibility index (Phi) is 4.36. The van der Waals surface area contributed by atoms with Crippen molar-refractivity contribution in [2.45, 2.75) is 19.4 Å². The lowest BCUT2D eigenvalue weighted by Crippen LogP contribution is -2.18. The summed E-state index contributed by atoms with van der Waals surface area (Å²) < 4.78 is 0. The lowest BCUT2D eigenvalue weighted by atomic mass is 10.0. The second-order valence-corrected chi connectivity index (χ2v) is 7.01. The molecule has 1 saturated heterocycles. The van der Waals surface area contributed by atoms with Crippen LogP contribution in [0, 0.1) is 0 Å². The Morgan fingerprint density at radius 2 is 1.76 bits per heavy atom. The van der Waals surface area contributed by atoms with Crippen molar-refractivity contribution in [1.82, 2.24) is 14.9 Å². The topological polar surface area (TPSA) is 32.3 Å². The first-order valence-electron chi connectivity index (χ1n) is 8.94. The average Bonchev–Trinajstić information content (AvgIpc) is 3.14. The van der Waals surface area contributed by atoms with Gasteiger partial charge in [-0.1, -0.05) is 24.3 Å². The molecule has 0 atom stereocenters. The van der Waals surface area contributed by atoms with Crippen LogP contribution in [-0.2, 0) is 6.54 Å². The molecular weight excluding hydrogens is 308 g/mol. The largest absolute Gasteiger partial charge is 0.362 e. The van der Waals surface area contributed by atoms with Crippen molar-refractivity contribution < 1.29 is 0 Å². The van der Waals surface area contributed by atoms with Gasteiger partial charge in [0.1, 0.15) is 12.1 Å². The fourth-order valence-electron chi connectivity index (χ4n) is 3.63. The van der Waals surface area contributed by atoms with E-state index in [2.05, 4.69) is 57.3 Å². The van der Waals surface area contributed by atoms with Crippen LogP contribution in [0.15, 0.2) is 48.8 Å². The third kappa shape index (κ3) is 3.35. The zero-order valence-electron chi connectivity index (χ0n) is 14.9. The van der Waals surface area contributed by atoms with Crippen molar-refractivity contribution in [2.24, 2.45) is 0 Å². The summed E-state index contributed by atoms with van der Waals surface area (Å²) in [5.41, 5.74) is 4.84. The monoisotopic (exact) mass is 332 g/mol. The molecule has 2 aromatic carbocycles. The highest BCUT2D eigenvalue weighted by molar-refractivity contribution is 5.92. The van der Waals surface area contributed by atoms with Gasteiger partial charge in [-0.2, -0.15) is 0 Å². The van der Waals surface area contributed by atoms with Crippen molar-refractivity contribution in [3.05, 3.63) is 54.4 Å². The molecule has 0 amide bonds. The Morgan fingerprint density at radius 1 is 0.960 bits per heavy atom. The van der Waals surface area contributed by atoms with Crippen LogP contribution in [-0.4, -0.2) is 42.1 Å². The van der Waals surface area contributed by atoms with Gasteiger partial charge in [-0.15, -0.1) is 0 Å². The summed E-state index contributed by atoms with van der Waals surface area (Å²) >= 11 is 0. The van der Waals surface area contributed by atoms with E-state index in [1.54, 1.807) is 6.33 Å². The number of hydrogen-bond donors (Lipinski definition) is 0. The number of benzene rings is 2. The summed E-state index contributed by atoms with van der Waals surface area (Å²) in [5.74, 6) is 0.958. The van der Waals surface area contributed by atoms with E-state index in [0.29, 0.717) is 0 Å². The predicted molar refractivity (Wildman–Crippen MR) is 104 cm³/mol. The van der Waals surface area contributed by atoms with Gasteiger partial charge in [0.15, 0.2) is 0 Å². The van der Waals surface area contributed by atoms with Crippen molar-refractivity contribution >= 4 is 16.7 Å². The maximum absolute atomic E-state index is 4.44. The summed E-state index contributed by atoms with van der Waals surface area (Å²) in [6, 6.07) is 15.4. The summed E-state index contributed by atoms with van der Waals surface area (Å²) in [5, 5.41) is 1.09. The van der Waals surface area contributed by atoms with E-state index in [-0.39, 0.29) is 0 Å². The van der Waals surface area contributed by atoms with Crippen molar-refractivity contribution in [3.63, 3.8) is 0 Å². The van der Waals surface area contributed by atoms with Gasteiger partial charge < -0.3 is 4.90 Å². The second kappa shape index (κ2) is 6.81. The maximum atomic E-state index is 4.44. The molecule has 25 heavy (non-hydrogen) atoms. The zero-order valence-corrected chi connectivity index (χ0v) is 14.9. The highest BCUT2D eigenvalue weighted by Gasteiger charge is 2.12. The number of aromatic nitrogens is 2. The van der Waals surface area contributed by atoms with E-state index in [4.69, 9.17) is 0 Å². The zero-order chi connectivity index (χ0) is 17.2. The van der Waals surface area contributed by atoms with Crippen LogP contribution in [0.4, 0.5) is 5.82 Å². The van der Waals surface area contributed by atoms with Crippen molar-refractivity contribution in [1.29, 1.82) is 0 Å². The van der Waals surface area contributed by atoms with Crippen LogP contribution in [0.5, 0.6) is 0 Å². The molecule has 0 aliphatic carbocycles. The van der Waals surface area contributed by atoms with Crippen LogP contribution in [0.1, 0.15) is 18.4 Å². The second-order valence-electron chi connectivity index (χ2n) is 7.01. The Hall–Kier alpha value is -2.46. The molecule has 2 heterocycles. The first kappa shape index (κ1) is 16.0. The third-order valence-electron chi connectivity index (χ3n) is 4.90. The first-order chi connectivity index (χ1) is 12.2. The highest BCUT2D eigenvalue weighted by Crippen LogP contribution is 2.28. The molecule has 3 aromatic rings.